The van der Waals surface area contributed by atoms with Crippen LogP contribution >= 0.6 is 0 Å². The van der Waals surface area contributed by atoms with Crippen LogP contribution in [-0.2, 0) is 14.3 Å². The van der Waals surface area contributed by atoms with Crippen molar-refractivity contribution in [3.05, 3.63) is 40.2 Å². The molecule has 1 saturated heterocycles. The first kappa shape index (κ1) is 17.2. The predicted octanol–water partition coefficient (Wildman–Crippen LogP) is 1.53. The highest BCUT2D eigenvalue weighted by Gasteiger charge is 2.34. The van der Waals surface area contributed by atoms with Crippen molar-refractivity contribution < 1.29 is 18.7 Å². The minimum atomic E-state index is -0.427. The second-order valence-electron chi connectivity index (χ2n) is 6.18. The van der Waals surface area contributed by atoms with Crippen LogP contribution in [0.4, 0.5) is 5.69 Å². The average Bonchev–Trinajstić information content (AvgIpc) is 2.93. The van der Waals surface area contributed by atoms with Gasteiger partial charge < -0.3 is 19.4 Å². The fourth-order valence-electron chi connectivity index (χ4n) is 3.01. The molecule has 25 heavy (non-hydrogen) atoms. The predicted molar refractivity (Wildman–Crippen MR) is 92.4 cm³/mol. The molecule has 3 rings (SSSR count). The number of benzene rings is 1. The minimum Gasteiger partial charge on any atom is -0.423 e. The number of nitrogens with one attached hydrogen (secondary N) is 1. The van der Waals surface area contributed by atoms with Crippen LogP contribution < -0.4 is 10.9 Å². The monoisotopic (exact) mass is 344 g/mol. The molecule has 1 N–H and O–H groups in total. The average molecular weight is 344 g/mol. The van der Waals surface area contributed by atoms with Gasteiger partial charge in [-0.05, 0) is 24.6 Å². The summed E-state index contributed by atoms with van der Waals surface area (Å²) in [6.45, 7) is 3.15. The highest BCUT2D eigenvalue weighted by molar-refractivity contribution is 5.98. The molecule has 0 bridgehead atoms. The summed E-state index contributed by atoms with van der Waals surface area (Å²) in [6.07, 6.45) is 0.192. The zero-order valence-corrected chi connectivity index (χ0v) is 14.2. The minimum absolute atomic E-state index is 0.0441. The fourth-order valence-corrected chi connectivity index (χ4v) is 3.01. The van der Waals surface area contributed by atoms with Gasteiger partial charge in [0, 0.05) is 49.8 Å². The van der Waals surface area contributed by atoms with Crippen LogP contribution in [0.1, 0.15) is 12.0 Å². The largest absolute Gasteiger partial charge is 0.423 e. The molecule has 7 nitrogen and oxygen atoms in total. The van der Waals surface area contributed by atoms with E-state index in [1.807, 2.05) is 6.92 Å². The Hall–Kier alpha value is -2.67. The van der Waals surface area contributed by atoms with E-state index in [-0.39, 0.29) is 18.2 Å². The van der Waals surface area contributed by atoms with Gasteiger partial charge in [0.05, 0.1) is 12.5 Å². The smallest absolute Gasteiger partial charge is 0.336 e. The Bertz CT molecular complexity index is 873. The number of rotatable bonds is 5. The topological polar surface area (TPSA) is 88.8 Å². The molecule has 1 aliphatic heterocycles. The number of anilines is 1. The van der Waals surface area contributed by atoms with Crippen molar-refractivity contribution in [2.24, 2.45) is 5.92 Å². The number of hydrogen-bond acceptors (Lipinski definition) is 5. The van der Waals surface area contributed by atoms with Crippen LogP contribution in [0, 0.1) is 12.8 Å². The van der Waals surface area contributed by atoms with E-state index in [0.29, 0.717) is 31.0 Å². The van der Waals surface area contributed by atoms with E-state index < -0.39 is 11.5 Å². The second-order valence-corrected chi connectivity index (χ2v) is 6.18. The van der Waals surface area contributed by atoms with Crippen LogP contribution in [0.25, 0.3) is 11.0 Å². The number of methoxy groups -OCH3 is 1. The summed E-state index contributed by atoms with van der Waals surface area (Å²) in [7, 11) is 1.57. The third-order valence-corrected chi connectivity index (χ3v) is 4.37. The highest BCUT2D eigenvalue weighted by atomic mass is 16.5. The summed E-state index contributed by atoms with van der Waals surface area (Å²) in [5.74, 6) is -0.662. The molecule has 0 radical (unpaired) electrons. The van der Waals surface area contributed by atoms with Gasteiger partial charge in [-0.1, -0.05) is 0 Å². The first-order valence-electron chi connectivity index (χ1n) is 8.10. The third-order valence-electron chi connectivity index (χ3n) is 4.37. The lowest BCUT2D eigenvalue weighted by atomic mass is 10.1. The fraction of sp³-hybridized carbons (Fsp3) is 0.389. The van der Waals surface area contributed by atoms with Gasteiger partial charge in [-0.15, -0.1) is 0 Å². The molecule has 0 aliphatic carbocycles. The van der Waals surface area contributed by atoms with E-state index in [4.69, 9.17) is 9.15 Å². The Balaban J connectivity index is 1.72. The SMILES string of the molecule is COCCN1CC(C(=O)Nc2ccc3c(C)cc(=O)oc3c2)CC1=O. The molecule has 0 saturated carbocycles. The zero-order chi connectivity index (χ0) is 18.0. The zero-order valence-electron chi connectivity index (χ0n) is 14.2. The number of amides is 2. The van der Waals surface area contributed by atoms with E-state index in [1.165, 1.54) is 6.07 Å². The Labute approximate surface area is 144 Å². The van der Waals surface area contributed by atoms with E-state index >= 15 is 0 Å². The molecule has 132 valence electrons. The van der Waals surface area contributed by atoms with Gasteiger partial charge in [0.1, 0.15) is 5.58 Å². The Morgan fingerprint density at radius 3 is 2.92 bits per heavy atom. The molecule has 1 aliphatic rings. The van der Waals surface area contributed by atoms with E-state index in [9.17, 15) is 14.4 Å². The molecule has 2 aromatic rings. The number of carbonyl (C=O) groups is 2. The van der Waals surface area contributed by atoms with Crippen molar-refractivity contribution in [3.63, 3.8) is 0 Å². The molecule has 7 heteroatoms. The van der Waals surface area contributed by atoms with Crippen LogP contribution in [0.15, 0.2) is 33.5 Å². The van der Waals surface area contributed by atoms with E-state index in [1.54, 1.807) is 30.2 Å². The molecular formula is C18H20N2O5. The number of nitrogens with zero attached hydrogens (tertiary/aromatic N) is 1. The van der Waals surface area contributed by atoms with Gasteiger partial charge in [0.15, 0.2) is 0 Å². The number of likely N-dealkylation sites (tertiary alicyclic amines) is 1. The molecule has 1 aromatic carbocycles. The molecule has 0 spiro atoms. The van der Waals surface area contributed by atoms with Crippen molar-refractivity contribution in [2.45, 2.75) is 13.3 Å². The summed E-state index contributed by atoms with van der Waals surface area (Å²) in [5, 5.41) is 3.62. The van der Waals surface area contributed by atoms with Crippen molar-refractivity contribution in [1.29, 1.82) is 0 Å². The van der Waals surface area contributed by atoms with E-state index in [0.717, 1.165) is 10.9 Å². The molecular weight excluding hydrogens is 324 g/mol. The highest BCUT2D eigenvalue weighted by Crippen LogP contribution is 2.23. The van der Waals surface area contributed by atoms with E-state index in [2.05, 4.69) is 5.32 Å². The molecule has 1 aromatic heterocycles. The lowest BCUT2D eigenvalue weighted by Crippen LogP contribution is -2.30. The summed E-state index contributed by atoms with van der Waals surface area (Å²) in [6, 6.07) is 6.61. The lowest BCUT2D eigenvalue weighted by Gasteiger charge is -2.15. The second kappa shape index (κ2) is 7.06. The van der Waals surface area contributed by atoms with Gasteiger partial charge >= 0.3 is 5.63 Å². The van der Waals surface area contributed by atoms with Crippen molar-refractivity contribution >= 4 is 28.5 Å². The maximum atomic E-state index is 12.4. The summed E-state index contributed by atoms with van der Waals surface area (Å²) in [5.41, 5.74) is 1.35. The molecule has 2 amide bonds. The molecule has 1 fully saturated rings. The summed E-state index contributed by atoms with van der Waals surface area (Å²) < 4.78 is 10.2. The van der Waals surface area contributed by atoms with Crippen LogP contribution in [0.2, 0.25) is 0 Å². The molecule has 1 unspecified atom stereocenters. The van der Waals surface area contributed by atoms with Crippen LogP contribution in [-0.4, -0.2) is 43.5 Å². The number of hydrogen-bond donors (Lipinski definition) is 1. The maximum Gasteiger partial charge on any atom is 0.336 e. The number of fused-ring (bicyclic) bond motifs is 1. The van der Waals surface area contributed by atoms with Gasteiger partial charge in [-0.25, -0.2) is 4.79 Å². The van der Waals surface area contributed by atoms with Gasteiger partial charge in [-0.3, -0.25) is 9.59 Å². The quantitative estimate of drug-likeness (QED) is 0.831. The summed E-state index contributed by atoms with van der Waals surface area (Å²) >= 11 is 0. The Morgan fingerprint density at radius 2 is 2.16 bits per heavy atom. The van der Waals surface area contributed by atoms with Gasteiger partial charge in [-0.2, -0.15) is 0 Å². The molecule has 1 atom stereocenters. The first-order valence-corrected chi connectivity index (χ1v) is 8.10. The number of aryl methyl sites for hydroxylation is 1. The van der Waals surface area contributed by atoms with Crippen molar-refractivity contribution in [2.75, 3.05) is 32.1 Å². The lowest BCUT2D eigenvalue weighted by molar-refractivity contribution is -0.128. The Kier molecular flexibility index (Phi) is 4.85. The first-order chi connectivity index (χ1) is 12.0. The third kappa shape index (κ3) is 3.71. The van der Waals surface area contributed by atoms with Gasteiger partial charge in [0.25, 0.3) is 0 Å². The molecule has 2 heterocycles. The number of carbonyl (C=O) groups excluding carboxylic acids is 2. The van der Waals surface area contributed by atoms with Crippen molar-refractivity contribution in [3.8, 4) is 0 Å². The van der Waals surface area contributed by atoms with Crippen LogP contribution in [0.5, 0.6) is 0 Å². The standard InChI is InChI=1S/C18H20N2O5/c1-11-7-17(22)25-15-9-13(3-4-14(11)15)19-18(23)12-8-16(21)20(10-12)5-6-24-2/h3-4,7,9,12H,5-6,8,10H2,1-2H3,(H,19,23). The number of ether oxygens (including phenoxy) is 1. The van der Waals surface area contributed by atoms with Gasteiger partial charge in [0.2, 0.25) is 11.8 Å². The summed E-state index contributed by atoms with van der Waals surface area (Å²) in [4.78, 5) is 37.5. The van der Waals surface area contributed by atoms with Crippen molar-refractivity contribution in [1.82, 2.24) is 4.90 Å². The Morgan fingerprint density at radius 1 is 1.36 bits per heavy atom. The maximum absolute atomic E-state index is 12.4. The normalized spacial score (nSPS) is 17.3. The van der Waals surface area contributed by atoms with Crippen LogP contribution in [0.3, 0.4) is 0 Å².